The third-order valence-electron chi connectivity index (χ3n) is 4.88. The molecule has 0 saturated heterocycles. The molecule has 0 spiro atoms. The van der Waals surface area contributed by atoms with Crippen LogP contribution in [0.25, 0.3) is 0 Å². The Hall–Kier alpha value is -1.20. The van der Waals surface area contributed by atoms with Crippen molar-refractivity contribution >= 4 is 11.8 Å². The second-order valence-corrected chi connectivity index (χ2v) is 9.14. The van der Waals surface area contributed by atoms with Crippen molar-refractivity contribution in [3.63, 3.8) is 0 Å². The van der Waals surface area contributed by atoms with Crippen molar-refractivity contribution in [1.82, 2.24) is 0 Å². The second kappa shape index (κ2) is 14.7. The Bertz CT molecular complexity index is 468. The SMILES string of the molecule is CCCCCCCCCCCCCC=CC(=O)[C@@](O)(CC(=O)O)C[N+](C)(C)C. The first-order valence-corrected chi connectivity index (χ1v) is 11.1. The van der Waals surface area contributed by atoms with Crippen LogP contribution in [0.3, 0.4) is 0 Å². The number of quaternary nitrogens is 1. The molecule has 0 aromatic rings. The summed E-state index contributed by atoms with van der Waals surface area (Å²) in [4.78, 5) is 23.4. The van der Waals surface area contributed by atoms with Crippen LogP contribution in [0, 0.1) is 0 Å². The highest BCUT2D eigenvalue weighted by atomic mass is 16.4. The van der Waals surface area contributed by atoms with Crippen molar-refractivity contribution in [1.29, 1.82) is 0 Å². The Kier molecular flexibility index (Phi) is 14.1. The van der Waals surface area contributed by atoms with E-state index in [9.17, 15) is 14.7 Å². The van der Waals surface area contributed by atoms with Gasteiger partial charge in [-0.3, -0.25) is 9.59 Å². The maximum atomic E-state index is 12.4. The number of ketones is 1. The van der Waals surface area contributed by atoms with E-state index in [-0.39, 0.29) is 6.54 Å². The third-order valence-corrected chi connectivity index (χ3v) is 4.88. The molecule has 0 aliphatic carbocycles. The summed E-state index contributed by atoms with van der Waals surface area (Å²) in [7, 11) is 5.49. The Morgan fingerprint density at radius 3 is 1.75 bits per heavy atom. The number of aliphatic hydroxyl groups is 1. The molecule has 0 aromatic carbocycles. The molecule has 28 heavy (non-hydrogen) atoms. The van der Waals surface area contributed by atoms with E-state index >= 15 is 0 Å². The van der Waals surface area contributed by atoms with E-state index in [1.165, 1.54) is 63.9 Å². The van der Waals surface area contributed by atoms with Crippen molar-refractivity contribution in [2.75, 3.05) is 27.7 Å². The standard InChI is InChI=1S/C23H43NO4/c1-5-6-7-8-9-10-11-12-13-14-15-16-17-18-21(25)23(28,19-22(26)27)20-24(2,3)4/h17-18,28H,5-16,19-20H2,1-4H3/p+1/t23-/m1/s1. The fourth-order valence-electron chi connectivity index (χ4n) is 3.53. The summed E-state index contributed by atoms with van der Waals surface area (Å²) in [6.45, 7) is 2.31. The van der Waals surface area contributed by atoms with Crippen LogP contribution < -0.4 is 0 Å². The molecule has 5 nitrogen and oxygen atoms in total. The van der Waals surface area contributed by atoms with E-state index < -0.39 is 23.8 Å². The number of likely N-dealkylation sites (N-methyl/N-ethyl adjacent to an activating group) is 1. The zero-order valence-corrected chi connectivity index (χ0v) is 18.7. The topological polar surface area (TPSA) is 74.6 Å². The normalized spacial score (nSPS) is 14.3. The average Bonchev–Trinajstić information content (AvgIpc) is 2.56. The van der Waals surface area contributed by atoms with Gasteiger partial charge in [0.2, 0.25) is 0 Å². The Labute approximate surface area is 172 Å². The van der Waals surface area contributed by atoms with E-state index in [0.29, 0.717) is 4.48 Å². The molecular weight excluding hydrogens is 354 g/mol. The number of carbonyl (C=O) groups excluding carboxylic acids is 1. The Morgan fingerprint density at radius 1 is 0.857 bits per heavy atom. The lowest BCUT2D eigenvalue weighted by Crippen LogP contribution is -2.54. The zero-order chi connectivity index (χ0) is 21.5. The summed E-state index contributed by atoms with van der Waals surface area (Å²) in [5, 5.41) is 19.6. The van der Waals surface area contributed by atoms with Crippen LogP contribution in [0.1, 0.15) is 90.4 Å². The fourth-order valence-corrected chi connectivity index (χ4v) is 3.53. The minimum atomic E-state index is -1.85. The Morgan fingerprint density at radius 2 is 1.32 bits per heavy atom. The van der Waals surface area contributed by atoms with Gasteiger partial charge in [0.05, 0.1) is 27.6 Å². The first-order chi connectivity index (χ1) is 13.1. The number of unbranched alkanes of at least 4 members (excludes halogenated alkanes) is 11. The summed E-state index contributed by atoms with van der Waals surface area (Å²) in [5.41, 5.74) is -1.85. The van der Waals surface area contributed by atoms with Gasteiger partial charge in [-0.15, -0.1) is 0 Å². The van der Waals surface area contributed by atoms with Crippen LogP contribution in [0.4, 0.5) is 0 Å². The summed E-state index contributed by atoms with van der Waals surface area (Å²) in [5.74, 6) is -1.67. The van der Waals surface area contributed by atoms with Gasteiger partial charge >= 0.3 is 5.97 Å². The van der Waals surface area contributed by atoms with Crippen molar-refractivity contribution in [3.05, 3.63) is 12.2 Å². The van der Waals surface area contributed by atoms with Gasteiger partial charge in [-0.25, -0.2) is 0 Å². The van der Waals surface area contributed by atoms with Gasteiger partial charge < -0.3 is 14.7 Å². The highest BCUT2D eigenvalue weighted by molar-refractivity contribution is 5.99. The molecule has 5 heteroatoms. The number of allylic oxidation sites excluding steroid dienone is 1. The number of rotatable bonds is 18. The maximum Gasteiger partial charge on any atom is 0.307 e. The fraction of sp³-hybridized carbons (Fsp3) is 0.826. The smallest absolute Gasteiger partial charge is 0.307 e. The number of aliphatic carboxylic acids is 1. The van der Waals surface area contributed by atoms with Crippen molar-refractivity contribution in [2.45, 2.75) is 96.0 Å². The average molecular weight is 399 g/mol. The summed E-state index contributed by atoms with van der Waals surface area (Å²) in [6.07, 6.45) is 17.4. The van der Waals surface area contributed by atoms with Gasteiger partial charge in [0.15, 0.2) is 11.4 Å². The number of carbonyl (C=O) groups is 2. The molecule has 0 amide bonds. The van der Waals surface area contributed by atoms with Crippen LogP contribution in [0.5, 0.6) is 0 Å². The quantitative estimate of drug-likeness (QED) is 0.199. The molecule has 0 aliphatic heterocycles. The lowest BCUT2D eigenvalue weighted by molar-refractivity contribution is -0.875. The van der Waals surface area contributed by atoms with Crippen molar-refractivity contribution < 1.29 is 24.3 Å². The van der Waals surface area contributed by atoms with E-state index in [4.69, 9.17) is 5.11 Å². The van der Waals surface area contributed by atoms with Gasteiger partial charge in [0.25, 0.3) is 0 Å². The highest BCUT2D eigenvalue weighted by Gasteiger charge is 2.41. The molecule has 0 aromatic heterocycles. The molecular formula is C23H44NO4+. The molecule has 0 fully saturated rings. The minimum Gasteiger partial charge on any atom is -0.481 e. The van der Waals surface area contributed by atoms with Crippen LogP contribution in [0.2, 0.25) is 0 Å². The van der Waals surface area contributed by atoms with E-state index in [1.807, 2.05) is 21.1 Å². The Balaban J connectivity index is 4.00. The second-order valence-electron chi connectivity index (χ2n) is 9.14. The van der Waals surface area contributed by atoms with Crippen molar-refractivity contribution in [2.24, 2.45) is 0 Å². The van der Waals surface area contributed by atoms with Gasteiger partial charge in [-0.2, -0.15) is 0 Å². The molecule has 0 unspecified atom stereocenters. The molecule has 0 rings (SSSR count). The largest absolute Gasteiger partial charge is 0.481 e. The monoisotopic (exact) mass is 398 g/mol. The number of carboxylic acid groups (broad SMARTS) is 1. The maximum absolute atomic E-state index is 12.4. The van der Waals surface area contributed by atoms with Crippen LogP contribution in [0.15, 0.2) is 12.2 Å². The molecule has 0 heterocycles. The van der Waals surface area contributed by atoms with Gasteiger partial charge in [-0.1, -0.05) is 77.2 Å². The minimum absolute atomic E-state index is 0.0704. The van der Waals surface area contributed by atoms with Crippen LogP contribution in [-0.2, 0) is 9.59 Å². The van der Waals surface area contributed by atoms with Crippen LogP contribution in [-0.4, -0.2) is 59.7 Å². The lowest BCUT2D eigenvalue weighted by atomic mass is 9.92. The van der Waals surface area contributed by atoms with Gasteiger partial charge in [0, 0.05) is 0 Å². The summed E-state index contributed by atoms with van der Waals surface area (Å²) >= 11 is 0. The van der Waals surface area contributed by atoms with E-state index in [1.54, 1.807) is 6.08 Å². The lowest BCUT2D eigenvalue weighted by Gasteiger charge is -2.33. The molecule has 0 bridgehead atoms. The number of hydrogen-bond acceptors (Lipinski definition) is 3. The molecule has 0 aliphatic rings. The number of carboxylic acids is 1. The molecule has 164 valence electrons. The van der Waals surface area contributed by atoms with E-state index in [0.717, 1.165) is 19.3 Å². The first kappa shape index (κ1) is 26.8. The zero-order valence-electron chi connectivity index (χ0n) is 18.7. The molecule has 0 saturated carbocycles. The predicted molar refractivity (Wildman–Crippen MR) is 115 cm³/mol. The summed E-state index contributed by atoms with van der Waals surface area (Å²) < 4.78 is 0.321. The van der Waals surface area contributed by atoms with Gasteiger partial charge in [0.1, 0.15) is 6.54 Å². The van der Waals surface area contributed by atoms with Crippen molar-refractivity contribution in [3.8, 4) is 0 Å². The molecule has 2 N–H and O–H groups in total. The van der Waals surface area contributed by atoms with Gasteiger partial charge in [-0.05, 0) is 18.9 Å². The third kappa shape index (κ3) is 14.8. The summed E-state index contributed by atoms with van der Waals surface area (Å²) in [6, 6.07) is 0. The molecule has 1 atom stereocenters. The first-order valence-electron chi connectivity index (χ1n) is 11.1. The molecule has 0 radical (unpaired) electrons. The van der Waals surface area contributed by atoms with Crippen LogP contribution >= 0.6 is 0 Å². The highest BCUT2D eigenvalue weighted by Crippen LogP contribution is 2.17. The number of hydrogen-bond donors (Lipinski definition) is 2. The number of nitrogens with zero attached hydrogens (tertiary/aromatic N) is 1. The van der Waals surface area contributed by atoms with E-state index in [2.05, 4.69) is 6.92 Å². The predicted octanol–water partition coefficient (Wildman–Crippen LogP) is 4.72.